The Morgan fingerprint density at radius 3 is 2.70 bits per heavy atom. The van der Waals surface area contributed by atoms with E-state index >= 15 is 0 Å². The number of halogens is 2. The molecule has 8 nitrogen and oxygen atoms in total. The number of nitro groups is 1. The van der Waals surface area contributed by atoms with Gasteiger partial charge in [-0.1, -0.05) is 29.3 Å². The molecule has 140 valence electrons. The van der Waals surface area contributed by atoms with E-state index in [-0.39, 0.29) is 11.2 Å². The zero-order valence-corrected chi connectivity index (χ0v) is 15.8. The van der Waals surface area contributed by atoms with Gasteiger partial charge in [0, 0.05) is 11.3 Å². The van der Waals surface area contributed by atoms with Crippen LogP contribution in [0, 0.1) is 17.0 Å². The van der Waals surface area contributed by atoms with Gasteiger partial charge >= 0.3 is 6.09 Å². The van der Waals surface area contributed by atoms with Crippen molar-refractivity contribution in [3.63, 3.8) is 0 Å². The van der Waals surface area contributed by atoms with Gasteiger partial charge < -0.3 is 9.72 Å². The standard InChI is InChI=1S/C17H14Cl2N4O4/c1-8-3-6-13-14(15(8)23(25)26)22-16(21-13)9(2)27-17(24)20-10-4-5-11(18)12(19)7-10/h3-7,9H,1-2H3,(H,20,24)(H,21,22). The van der Waals surface area contributed by atoms with Gasteiger partial charge in [-0.25, -0.2) is 9.78 Å². The summed E-state index contributed by atoms with van der Waals surface area (Å²) in [6, 6.07) is 7.93. The van der Waals surface area contributed by atoms with Crippen LogP contribution in [0.25, 0.3) is 11.0 Å². The van der Waals surface area contributed by atoms with E-state index in [9.17, 15) is 14.9 Å². The molecule has 0 radical (unpaired) electrons. The Kier molecular flexibility index (Phi) is 5.20. The van der Waals surface area contributed by atoms with Gasteiger partial charge in [0.15, 0.2) is 11.6 Å². The summed E-state index contributed by atoms with van der Waals surface area (Å²) in [7, 11) is 0. The molecule has 0 aliphatic heterocycles. The van der Waals surface area contributed by atoms with Crippen LogP contribution in [0.1, 0.15) is 24.4 Å². The predicted molar refractivity (Wildman–Crippen MR) is 102 cm³/mol. The van der Waals surface area contributed by atoms with Crippen molar-refractivity contribution >= 4 is 51.7 Å². The van der Waals surface area contributed by atoms with Crippen molar-refractivity contribution in [1.29, 1.82) is 0 Å². The minimum Gasteiger partial charge on any atom is -0.438 e. The number of H-pyrrole nitrogens is 1. The molecule has 1 unspecified atom stereocenters. The van der Waals surface area contributed by atoms with E-state index in [0.717, 1.165) is 0 Å². The highest BCUT2D eigenvalue weighted by molar-refractivity contribution is 6.42. The van der Waals surface area contributed by atoms with Crippen LogP contribution in [0.3, 0.4) is 0 Å². The number of nitrogens with one attached hydrogen (secondary N) is 2. The Morgan fingerprint density at radius 1 is 1.30 bits per heavy atom. The van der Waals surface area contributed by atoms with E-state index in [1.807, 2.05) is 0 Å². The summed E-state index contributed by atoms with van der Waals surface area (Å²) >= 11 is 11.7. The number of hydrogen-bond acceptors (Lipinski definition) is 5. The van der Waals surface area contributed by atoms with Crippen molar-refractivity contribution in [2.45, 2.75) is 20.0 Å². The van der Waals surface area contributed by atoms with Crippen LogP contribution < -0.4 is 5.32 Å². The summed E-state index contributed by atoms with van der Waals surface area (Å²) in [4.78, 5) is 30.1. The number of fused-ring (bicyclic) bond motifs is 1. The average molecular weight is 409 g/mol. The fraction of sp³-hybridized carbons (Fsp3) is 0.176. The molecule has 3 rings (SSSR count). The molecule has 0 saturated heterocycles. The number of amides is 1. The highest BCUT2D eigenvalue weighted by Gasteiger charge is 2.22. The number of carbonyl (C=O) groups excluding carboxylic acids is 1. The number of ether oxygens (including phenoxy) is 1. The first-order valence-corrected chi connectivity index (χ1v) is 8.58. The maximum absolute atomic E-state index is 12.1. The van der Waals surface area contributed by atoms with Crippen molar-refractivity contribution in [2.75, 3.05) is 5.32 Å². The summed E-state index contributed by atoms with van der Waals surface area (Å²) in [5, 5.41) is 14.5. The lowest BCUT2D eigenvalue weighted by molar-refractivity contribution is -0.383. The first kappa shape index (κ1) is 18.9. The number of hydrogen-bond donors (Lipinski definition) is 2. The molecule has 0 fully saturated rings. The third-order valence-electron chi connectivity index (χ3n) is 3.87. The average Bonchev–Trinajstić information content (AvgIpc) is 3.01. The molecule has 1 amide bonds. The molecule has 10 heteroatoms. The fourth-order valence-electron chi connectivity index (χ4n) is 2.54. The molecule has 0 bridgehead atoms. The second kappa shape index (κ2) is 7.42. The van der Waals surface area contributed by atoms with Crippen molar-refractivity contribution in [3.8, 4) is 0 Å². The third kappa shape index (κ3) is 3.96. The number of aromatic amines is 1. The maximum Gasteiger partial charge on any atom is 0.412 e. The topological polar surface area (TPSA) is 110 Å². The lowest BCUT2D eigenvalue weighted by atomic mass is 10.2. The van der Waals surface area contributed by atoms with Crippen molar-refractivity contribution in [2.24, 2.45) is 0 Å². The first-order valence-electron chi connectivity index (χ1n) is 7.82. The van der Waals surface area contributed by atoms with E-state index < -0.39 is 17.1 Å². The van der Waals surface area contributed by atoms with Gasteiger partial charge in [-0.3, -0.25) is 15.4 Å². The Hall–Kier alpha value is -2.84. The van der Waals surface area contributed by atoms with Crippen molar-refractivity contribution in [1.82, 2.24) is 9.97 Å². The normalized spacial score (nSPS) is 12.0. The maximum atomic E-state index is 12.1. The summed E-state index contributed by atoms with van der Waals surface area (Å²) in [5.41, 5.74) is 1.54. The highest BCUT2D eigenvalue weighted by Crippen LogP contribution is 2.29. The number of nitro benzene ring substituents is 1. The summed E-state index contributed by atoms with van der Waals surface area (Å²) in [6.07, 6.45) is -1.49. The predicted octanol–water partition coefficient (Wildman–Crippen LogP) is 5.40. The van der Waals surface area contributed by atoms with Crippen molar-refractivity contribution in [3.05, 3.63) is 61.9 Å². The van der Waals surface area contributed by atoms with E-state index in [0.29, 0.717) is 32.6 Å². The molecular formula is C17H14Cl2N4O4. The van der Waals surface area contributed by atoms with Gasteiger partial charge in [0.05, 0.1) is 20.5 Å². The molecule has 0 saturated carbocycles. The molecule has 0 aliphatic carbocycles. The van der Waals surface area contributed by atoms with Gasteiger partial charge in [0.1, 0.15) is 5.82 Å². The monoisotopic (exact) mass is 408 g/mol. The number of aromatic nitrogens is 2. The first-order chi connectivity index (χ1) is 12.8. The summed E-state index contributed by atoms with van der Waals surface area (Å²) in [5.74, 6) is 0.294. The van der Waals surface area contributed by atoms with Crippen LogP contribution in [0.15, 0.2) is 30.3 Å². The zero-order chi connectivity index (χ0) is 19.7. The largest absolute Gasteiger partial charge is 0.438 e. The van der Waals surface area contributed by atoms with Crippen LogP contribution >= 0.6 is 23.2 Å². The van der Waals surface area contributed by atoms with Gasteiger partial charge in [-0.05, 0) is 38.1 Å². The lowest BCUT2D eigenvalue weighted by Gasteiger charge is -2.12. The Balaban J connectivity index is 1.78. The number of anilines is 1. The molecule has 0 spiro atoms. The van der Waals surface area contributed by atoms with Gasteiger partial charge in [-0.15, -0.1) is 0 Å². The van der Waals surface area contributed by atoms with Crippen LogP contribution in [-0.2, 0) is 4.74 Å². The SMILES string of the molecule is Cc1ccc2[nH]c(C(C)OC(=O)Nc3ccc(Cl)c(Cl)c3)nc2c1[N+](=O)[O-]. The molecule has 2 N–H and O–H groups in total. The molecule has 0 aliphatic rings. The Labute approximate surface area is 163 Å². The number of benzene rings is 2. The smallest absolute Gasteiger partial charge is 0.412 e. The molecule has 1 aromatic heterocycles. The summed E-state index contributed by atoms with van der Waals surface area (Å²) in [6.45, 7) is 3.24. The van der Waals surface area contributed by atoms with Crippen LogP contribution in [0.5, 0.6) is 0 Å². The second-order valence-corrected chi connectivity index (χ2v) is 6.62. The highest BCUT2D eigenvalue weighted by atomic mass is 35.5. The number of carbonyl (C=O) groups is 1. The second-order valence-electron chi connectivity index (χ2n) is 5.81. The number of aryl methyl sites for hydroxylation is 1. The van der Waals surface area contributed by atoms with E-state index in [1.54, 1.807) is 38.1 Å². The van der Waals surface area contributed by atoms with E-state index in [2.05, 4.69) is 15.3 Å². The van der Waals surface area contributed by atoms with E-state index in [4.69, 9.17) is 27.9 Å². The molecule has 1 heterocycles. The van der Waals surface area contributed by atoms with Crippen molar-refractivity contribution < 1.29 is 14.5 Å². The van der Waals surface area contributed by atoms with Gasteiger partial charge in [0.2, 0.25) is 0 Å². The van der Waals surface area contributed by atoms with Crippen LogP contribution in [-0.4, -0.2) is 21.0 Å². The van der Waals surface area contributed by atoms with Gasteiger partial charge in [0.25, 0.3) is 5.69 Å². The Bertz CT molecular complexity index is 1050. The van der Waals surface area contributed by atoms with Crippen LogP contribution in [0.2, 0.25) is 10.0 Å². The molecular weight excluding hydrogens is 395 g/mol. The minimum absolute atomic E-state index is 0.0811. The molecule has 2 aromatic carbocycles. The minimum atomic E-state index is -0.764. The molecule has 27 heavy (non-hydrogen) atoms. The van der Waals surface area contributed by atoms with Crippen LogP contribution in [0.4, 0.5) is 16.2 Å². The zero-order valence-electron chi connectivity index (χ0n) is 14.2. The lowest BCUT2D eigenvalue weighted by Crippen LogP contribution is -2.16. The Morgan fingerprint density at radius 2 is 2.04 bits per heavy atom. The third-order valence-corrected chi connectivity index (χ3v) is 4.60. The van der Waals surface area contributed by atoms with E-state index in [1.165, 1.54) is 6.07 Å². The number of nitrogens with zero attached hydrogens (tertiary/aromatic N) is 2. The fourth-order valence-corrected chi connectivity index (χ4v) is 2.84. The summed E-state index contributed by atoms with van der Waals surface area (Å²) < 4.78 is 5.28. The number of imidazole rings is 1. The quantitative estimate of drug-likeness (QED) is 0.443. The molecule has 1 atom stereocenters. The number of rotatable bonds is 4. The molecule has 3 aromatic rings. The van der Waals surface area contributed by atoms with Gasteiger partial charge in [-0.2, -0.15) is 0 Å².